The van der Waals surface area contributed by atoms with Gasteiger partial charge in [0.15, 0.2) is 12.1 Å². The molecule has 0 aromatic heterocycles. The summed E-state index contributed by atoms with van der Waals surface area (Å²) in [5.74, 6) is -1.01. The minimum Gasteiger partial charge on any atom is -0.370 e. The standard InChI is InChI=1S/C10H11Cl2N3O2.ClH/c1-17-8(9(16)15-10(13)14)7-5(11)3-2-4-6(7)12;/h2-4,8H,1H3,(H4,13,14,15,16);1H. The summed E-state index contributed by atoms with van der Waals surface area (Å²) >= 11 is 11.9. The molecule has 0 aliphatic carbocycles. The number of benzene rings is 1. The Morgan fingerprint density at radius 3 is 2.22 bits per heavy atom. The van der Waals surface area contributed by atoms with Gasteiger partial charge in [0.25, 0.3) is 5.91 Å². The Morgan fingerprint density at radius 1 is 1.33 bits per heavy atom. The molecule has 1 amide bonds. The van der Waals surface area contributed by atoms with E-state index < -0.39 is 12.0 Å². The molecule has 4 N–H and O–H groups in total. The van der Waals surface area contributed by atoms with Crippen LogP contribution in [-0.2, 0) is 9.53 Å². The highest BCUT2D eigenvalue weighted by molar-refractivity contribution is 6.36. The second-order valence-corrected chi connectivity index (χ2v) is 3.94. The molecular weight excluding hydrogens is 300 g/mol. The molecule has 1 unspecified atom stereocenters. The minimum atomic E-state index is -1.03. The van der Waals surface area contributed by atoms with Crippen LogP contribution >= 0.6 is 35.6 Å². The van der Waals surface area contributed by atoms with Gasteiger partial charge in [0.05, 0.1) is 0 Å². The lowest BCUT2D eigenvalue weighted by atomic mass is 10.1. The number of carbonyl (C=O) groups excluding carboxylic acids is 1. The van der Waals surface area contributed by atoms with Crippen molar-refractivity contribution in [1.29, 1.82) is 0 Å². The predicted octanol–water partition coefficient (Wildman–Crippen LogP) is 1.90. The molecule has 1 atom stereocenters. The number of hydrogen-bond donors (Lipinski definition) is 2. The lowest BCUT2D eigenvalue weighted by molar-refractivity contribution is -0.127. The van der Waals surface area contributed by atoms with Gasteiger partial charge in [0, 0.05) is 22.7 Å². The summed E-state index contributed by atoms with van der Waals surface area (Å²) in [4.78, 5) is 15.1. The van der Waals surface area contributed by atoms with Crippen LogP contribution in [0, 0.1) is 0 Å². The average molecular weight is 313 g/mol. The van der Waals surface area contributed by atoms with Crippen LogP contribution in [0.3, 0.4) is 0 Å². The topological polar surface area (TPSA) is 90.7 Å². The van der Waals surface area contributed by atoms with Crippen molar-refractivity contribution in [2.45, 2.75) is 6.10 Å². The number of nitrogens with two attached hydrogens (primary N) is 2. The molecule has 1 aromatic rings. The Balaban J connectivity index is 0.00000289. The van der Waals surface area contributed by atoms with Crippen LogP contribution in [0.25, 0.3) is 0 Å². The molecule has 0 aliphatic rings. The highest BCUT2D eigenvalue weighted by atomic mass is 35.5. The van der Waals surface area contributed by atoms with Gasteiger partial charge in [-0.05, 0) is 12.1 Å². The Hall–Kier alpha value is -1.01. The van der Waals surface area contributed by atoms with E-state index in [2.05, 4.69) is 4.99 Å². The number of amides is 1. The quantitative estimate of drug-likeness (QED) is 0.659. The fourth-order valence-electron chi connectivity index (χ4n) is 1.29. The number of rotatable bonds is 3. The molecule has 0 aliphatic heterocycles. The molecule has 0 radical (unpaired) electrons. The molecule has 0 bridgehead atoms. The van der Waals surface area contributed by atoms with Crippen LogP contribution in [0.15, 0.2) is 23.2 Å². The maximum Gasteiger partial charge on any atom is 0.282 e. The molecule has 100 valence electrons. The van der Waals surface area contributed by atoms with E-state index in [0.717, 1.165) is 0 Å². The zero-order valence-corrected chi connectivity index (χ0v) is 11.7. The van der Waals surface area contributed by atoms with Crippen molar-refractivity contribution in [1.82, 2.24) is 0 Å². The molecule has 0 heterocycles. The largest absolute Gasteiger partial charge is 0.370 e. The molecule has 0 spiro atoms. The first-order valence-corrected chi connectivity index (χ1v) is 5.33. The van der Waals surface area contributed by atoms with Gasteiger partial charge >= 0.3 is 0 Å². The smallest absolute Gasteiger partial charge is 0.282 e. The van der Waals surface area contributed by atoms with E-state index in [9.17, 15) is 4.79 Å². The molecule has 1 rings (SSSR count). The van der Waals surface area contributed by atoms with E-state index in [1.165, 1.54) is 7.11 Å². The number of nitrogens with zero attached hydrogens (tertiary/aromatic N) is 1. The normalized spacial score (nSPS) is 11.3. The minimum absolute atomic E-state index is 0. The number of carbonyl (C=O) groups is 1. The number of hydrogen-bond acceptors (Lipinski definition) is 2. The van der Waals surface area contributed by atoms with E-state index in [4.69, 9.17) is 39.4 Å². The summed E-state index contributed by atoms with van der Waals surface area (Å²) in [6.07, 6.45) is -1.03. The zero-order chi connectivity index (χ0) is 13.0. The average Bonchev–Trinajstić information content (AvgIpc) is 2.22. The Labute approximate surface area is 121 Å². The van der Waals surface area contributed by atoms with Crippen LogP contribution < -0.4 is 11.5 Å². The fourth-order valence-corrected chi connectivity index (χ4v) is 1.88. The highest BCUT2D eigenvalue weighted by Crippen LogP contribution is 2.32. The predicted molar refractivity (Wildman–Crippen MR) is 74.3 cm³/mol. The second-order valence-electron chi connectivity index (χ2n) is 3.13. The van der Waals surface area contributed by atoms with Crippen LogP contribution in [0.4, 0.5) is 0 Å². The number of halogens is 3. The van der Waals surface area contributed by atoms with E-state index in [-0.39, 0.29) is 18.4 Å². The third-order valence-electron chi connectivity index (χ3n) is 1.96. The van der Waals surface area contributed by atoms with Crippen molar-refractivity contribution in [3.05, 3.63) is 33.8 Å². The summed E-state index contributed by atoms with van der Waals surface area (Å²) in [5.41, 5.74) is 10.6. The lowest BCUT2D eigenvalue weighted by Crippen LogP contribution is -2.26. The number of methoxy groups -OCH3 is 1. The summed E-state index contributed by atoms with van der Waals surface area (Å²) in [6, 6.07) is 4.85. The summed E-state index contributed by atoms with van der Waals surface area (Å²) in [7, 11) is 1.34. The first kappa shape index (κ1) is 17.0. The lowest BCUT2D eigenvalue weighted by Gasteiger charge is -2.15. The van der Waals surface area contributed by atoms with Crippen molar-refractivity contribution >= 4 is 47.5 Å². The molecular formula is C10H12Cl3N3O2. The van der Waals surface area contributed by atoms with E-state index >= 15 is 0 Å². The van der Waals surface area contributed by atoms with Crippen LogP contribution in [0.2, 0.25) is 10.0 Å². The molecule has 18 heavy (non-hydrogen) atoms. The van der Waals surface area contributed by atoms with Crippen LogP contribution in [0.1, 0.15) is 11.7 Å². The first-order valence-electron chi connectivity index (χ1n) is 4.57. The van der Waals surface area contributed by atoms with Gasteiger partial charge in [-0.25, -0.2) is 0 Å². The molecule has 0 saturated heterocycles. The van der Waals surface area contributed by atoms with E-state index in [1.807, 2.05) is 0 Å². The van der Waals surface area contributed by atoms with Gasteiger partial charge in [0.1, 0.15) is 0 Å². The molecule has 0 saturated carbocycles. The SMILES string of the molecule is COC(C(=O)N=C(N)N)c1c(Cl)cccc1Cl.Cl. The molecule has 1 aromatic carbocycles. The summed E-state index contributed by atoms with van der Waals surface area (Å²) in [5, 5.41) is 0.618. The molecule has 8 heteroatoms. The van der Waals surface area contributed by atoms with Gasteiger partial charge in [-0.15, -0.1) is 12.4 Å². The maximum atomic E-state index is 11.7. The summed E-state index contributed by atoms with van der Waals surface area (Å²) in [6.45, 7) is 0. The second kappa shape index (κ2) is 7.43. The highest BCUT2D eigenvalue weighted by Gasteiger charge is 2.24. The third kappa shape index (κ3) is 4.03. The Bertz CT molecular complexity index is 441. The zero-order valence-electron chi connectivity index (χ0n) is 9.39. The van der Waals surface area contributed by atoms with Crippen molar-refractivity contribution < 1.29 is 9.53 Å². The summed E-state index contributed by atoms with van der Waals surface area (Å²) < 4.78 is 5.02. The number of guanidine groups is 1. The number of ether oxygens (including phenoxy) is 1. The van der Waals surface area contributed by atoms with Crippen molar-refractivity contribution in [3.63, 3.8) is 0 Å². The van der Waals surface area contributed by atoms with Gasteiger partial charge < -0.3 is 16.2 Å². The molecule has 0 fully saturated rings. The maximum absolute atomic E-state index is 11.7. The third-order valence-corrected chi connectivity index (χ3v) is 2.62. The number of aliphatic imine (C=N–C) groups is 1. The van der Waals surface area contributed by atoms with Crippen molar-refractivity contribution in [3.8, 4) is 0 Å². The van der Waals surface area contributed by atoms with Crippen molar-refractivity contribution in [2.75, 3.05) is 7.11 Å². The van der Waals surface area contributed by atoms with Gasteiger partial charge in [-0.2, -0.15) is 4.99 Å². The van der Waals surface area contributed by atoms with Crippen LogP contribution in [-0.4, -0.2) is 19.0 Å². The van der Waals surface area contributed by atoms with Gasteiger partial charge in [-0.1, -0.05) is 29.3 Å². The molecule has 5 nitrogen and oxygen atoms in total. The fraction of sp³-hybridized carbons (Fsp3) is 0.200. The van der Waals surface area contributed by atoms with Crippen LogP contribution in [0.5, 0.6) is 0 Å². The first-order chi connectivity index (χ1) is 7.97. The van der Waals surface area contributed by atoms with E-state index in [1.54, 1.807) is 18.2 Å². The van der Waals surface area contributed by atoms with E-state index in [0.29, 0.717) is 15.6 Å². The van der Waals surface area contributed by atoms with Crippen molar-refractivity contribution in [2.24, 2.45) is 16.5 Å². The monoisotopic (exact) mass is 311 g/mol. The van der Waals surface area contributed by atoms with Gasteiger partial charge in [-0.3, -0.25) is 4.79 Å². The Kier molecular flexibility index (Phi) is 7.01. The van der Waals surface area contributed by atoms with Gasteiger partial charge in [0.2, 0.25) is 0 Å². The Morgan fingerprint density at radius 2 is 1.83 bits per heavy atom.